The van der Waals surface area contributed by atoms with E-state index in [1.54, 1.807) is 13.8 Å². The SMILES string of the molecule is CCNC(=NCc1cc2c(cc1OCC)CC(C)O2)NCC(C)(C)C(N)=O. The van der Waals surface area contributed by atoms with Crippen molar-refractivity contribution >= 4 is 11.9 Å². The van der Waals surface area contributed by atoms with Crippen molar-refractivity contribution in [2.45, 2.75) is 53.7 Å². The Morgan fingerprint density at radius 1 is 1.37 bits per heavy atom. The summed E-state index contributed by atoms with van der Waals surface area (Å²) in [4.78, 5) is 16.2. The number of guanidine groups is 1. The molecule has 150 valence electrons. The lowest BCUT2D eigenvalue weighted by Crippen LogP contribution is -2.46. The molecule has 7 nitrogen and oxygen atoms in total. The van der Waals surface area contributed by atoms with Crippen LogP contribution >= 0.6 is 0 Å². The maximum atomic E-state index is 11.5. The van der Waals surface area contributed by atoms with Crippen LogP contribution in [0.1, 0.15) is 45.7 Å². The fourth-order valence-corrected chi connectivity index (χ4v) is 2.79. The second-order valence-corrected chi connectivity index (χ2v) is 7.43. The van der Waals surface area contributed by atoms with Gasteiger partial charge >= 0.3 is 0 Å². The molecule has 0 spiro atoms. The average Bonchev–Trinajstić information content (AvgIpc) is 2.96. The van der Waals surface area contributed by atoms with Crippen molar-refractivity contribution in [3.8, 4) is 11.5 Å². The van der Waals surface area contributed by atoms with Crippen molar-refractivity contribution in [1.82, 2.24) is 10.6 Å². The van der Waals surface area contributed by atoms with Gasteiger partial charge in [-0.3, -0.25) is 4.79 Å². The number of carbonyl (C=O) groups is 1. The van der Waals surface area contributed by atoms with Crippen molar-refractivity contribution in [3.05, 3.63) is 23.3 Å². The highest BCUT2D eigenvalue weighted by atomic mass is 16.5. The van der Waals surface area contributed by atoms with Crippen molar-refractivity contribution in [1.29, 1.82) is 0 Å². The largest absolute Gasteiger partial charge is 0.494 e. The number of hydrogen-bond donors (Lipinski definition) is 3. The first kappa shape index (κ1) is 20.9. The van der Waals surface area contributed by atoms with Crippen LogP contribution in [-0.2, 0) is 17.8 Å². The molecule has 0 aromatic heterocycles. The molecule has 0 fully saturated rings. The van der Waals surface area contributed by atoms with E-state index in [0.717, 1.165) is 23.5 Å². The van der Waals surface area contributed by atoms with Crippen LogP contribution in [0.4, 0.5) is 0 Å². The molecule has 27 heavy (non-hydrogen) atoms. The molecule has 1 heterocycles. The first-order valence-electron chi connectivity index (χ1n) is 9.54. The zero-order valence-electron chi connectivity index (χ0n) is 17.0. The number of ether oxygens (including phenoxy) is 2. The molecule has 0 radical (unpaired) electrons. The molecule has 1 atom stereocenters. The number of aliphatic imine (C=N–C) groups is 1. The third kappa shape index (κ3) is 5.52. The second-order valence-electron chi connectivity index (χ2n) is 7.43. The summed E-state index contributed by atoms with van der Waals surface area (Å²) in [6, 6.07) is 4.08. The van der Waals surface area contributed by atoms with Gasteiger partial charge in [0.15, 0.2) is 5.96 Å². The Hall–Kier alpha value is -2.44. The Morgan fingerprint density at radius 2 is 2.11 bits per heavy atom. The van der Waals surface area contributed by atoms with Gasteiger partial charge in [-0.1, -0.05) is 0 Å². The van der Waals surface area contributed by atoms with E-state index in [0.29, 0.717) is 32.2 Å². The van der Waals surface area contributed by atoms with Crippen molar-refractivity contribution in [3.63, 3.8) is 0 Å². The van der Waals surface area contributed by atoms with Gasteiger partial charge in [0, 0.05) is 30.6 Å². The fraction of sp³-hybridized carbons (Fsp3) is 0.600. The van der Waals surface area contributed by atoms with Gasteiger partial charge in [-0.15, -0.1) is 0 Å². The minimum Gasteiger partial charge on any atom is -0.494 e. The summed E-state index contributed by atoms with van der Waals surface area (Å²) in [6.07, 6.45) is 1.08. The lowest BCUT2D eigenvalue weighted by atomic mass is 9.93. The molecule has 7 heteroatoms. The second kappa shape index (κ2) is 8.97. The minimum absolute atomic E-state index is 0.184. The van der Waals surface area contributed by atoms with Crippen LogP contribution in [-0.4, -0.2) is 37.7 Å². The predicted molar refractivity (Wildman–Crippen MR) is 107 cm³/mol. The van der Waals surface area contributed by atoms with Gasteiger partial charge in [-0.2, -0.15) is 0 Å². The molecule has 0 bridgehead atoms. The Morgan fingerprint density at radius 3 is 2.74 bits per heavy atom. The third-order valence-corrected chi connectivity index (χ3v) is 4.50. The maximum absolute atomic E-state index is 11.5. The number of carbonyl (C=O) groups excluding carboxylic acids is 1. The number of amides is 1. The van der Waals surface area contributed by atoms with Gasteiger partial charge in [0.1, 0.15) is 17.6 Å². The van der Waals surface area contributed by atoms with Crippen LogP contribution in [0.2, 0.25) is 0 Å². The quantitative estimate of drug-likeness (QED) is 0.476. The number of primary amides is 1. The molecule has 1 unspecified atom stereocenters. The van der Waals surface area contributed by atoms with E-state index in [4.69, 9.17) is 15.2 Å². The molecule has 1 aliphatic heterocycles. The summed E-state index contributed by atoms with van der Waals surface area (Å²) in [5.41, 5.74) is 6.92. The van der Waals surface area contributed by atoms with Gasteiger partial charge < -0.3 is 25.8 Å². The number of hydrogen-bond acceptors (Lipinski definition) is 4. The molecule has 1 aromatic carbocycles. The van der Waals surface area contributed by atoms with Crippen LogP contribution < -0.4 is 25.8 Å². The fourth-order valence-electron chi connectivity index (χ4n) is 2.79. The lowest BCUT2D eigenvalue weighted by molar-refractivity contribution is -0.125. The molecular formula is C20H32N4O3. The molecule has 0 saturated carbocycles. The Balaban J connectivity index is 2.17. The van der Waals surface area contributed by atoms with Crippen molar-refractivity contribution in [2.75, 3.05) is 19.7 Å². The number of nitrogens with two attached hydrogens (primary N) is 1. The summed E-state index contributed by atoms with van der Waals surface area (Å²) >= 11 is 0. The van der Waals surface area contributed by atoms with Crippen LogP contribution in [0.5, 0.6) is 11.5 Å². The Labute approximate surface area is 161 Å². The smallest absolute Gasteiger partial charge is 0.224 e. The summed E-state index contributed by atoms with van der Waals surface area (Å²) < 4.78 is 11.7. The van der Waals surface area contributed by atoms with E-state index in [1.807, 2.05) is 19.9 Å². The van der Waals surface area contributed by atoms with Gasteiger partial charge in [0.25, 0.3) is 0 Å². The van der Waals surface area contributed by atoms with Crippen molar-refractivity contribution in [2.24, 2.45) is 16.1 Å². The molecule has 4 N–H and O–H groups in total. The highest BCUT2D eigenvalue weighted by Gasteiger charge is 2.25. The van der Waals surface area contributed by atoms with Gasteiger partial charge in [0.05, 0.1) is 18.6 Å². The van der Waals surface area contributed by atoms with Crippen LogP contribution in [0.15, 0.2) is 17.1 Å². The van der Waals surface area contributed by atoms with Crippen LogP contribution in [0.25, 0.3) is 0 Å². The van der Waals surface area contributed by atoms with E-state index >= 15 is 0 Å². The topological polar surface area (TPSA) is 98.0 Å². The van der Waals surface area contributed by atoms with Crippen LogP contribution in [0.3, 0.4) is 0 Å². The number of fused-ring (bicyclic) bond motifs is 1. The highest BCUT2D eigenvalue weighted by Crippen LogP contribution is 2.35. The summed E-state index contributed by atoms with van der Waals surface area (Å²) in [5.74, 6) is 2.02. The first-order chi connectivity index (χ1) is 12.8. The summed E-state index contributed by atoms with van der Waals surface area (Å²) in [5, 5.41) is 6.38. The third-order valence-electron chi connectivity index (χ3n) is 4.50. The lowest BCUT2D eigenvalue weighted by Gasteiger charge is -2.22. The molecule has 1 aliphatic rings. The van der Waals surface area contributed by atoms with Crippen LogP contribution in [0, 0.1) is 5.41 Å². The normalized spacial score (nSPS) is 16.5. The molecule has 2 rings (SSSR count). The Kier molecular flexibility index (Phi) is 6.93. The summed E-state index contributed by atoms with van der Waals surface area (Å²) in [7, 11) is 0. The monoisotopic (exact) mass is 376 g/mol. The number of nitrogens with one attached hydrogen (secondary N) is 2. The standard InChI is InChI=1S/C20H32N4O3/c1-6-22-19(24-12-20(4,5)18(21)25)23-11-15-10-17-14(8-13(3)27-17)9-16(15)26-7-2/h9-10,13H,6-8,11-12H2,1-5H3,(H2,21,25)(H2,22,23,24). The van der Waals surface area contributed by atoms with Gasteiger partial charge in [-0.05, 0) is 46.8 Å². The molecular weight excluding hydrogens is 344 g/mol. The number of benzene rings is 1. The van der Waals surface area contributed by atoms with Gasteiger partial charge in [0.2, 0.25) is 5.91 Å². The first-order valence-corrected chi connectivity index (χ1v) is 9.54. The number of nitrogens with zero attached hydrogens (tertiary/aromatic N) is 1. The number of rotatable bonds is 8. The zero-order chi connectivity index (χ0) is 20.0. The maximum Gasteiger partial charge on any atom is 0.224 e. The zero-order valence-corrected chi connectivity index (χ0v) is 17.0. The van der Waals surface area contributed by atoms with Crippen molar-refractivity contribution < 1.29 is 14.3 Å². The van der Waals surface area contributed by atoms with Gasteiger partial charge in [-0.25, -0.2) is 4.99 Å². The average molecular weight is 377 g/mol. The van der Waals surface area contributed by atoms with E-state index in [1.165, 1.54) is 5.56 Å². The molecule has 1 aromatic rings. The minimum atomic E-state index is -0.662. The summed E-state index contributed by atoms with van der Waals surface area (Å²) in [6.45, 7) is 11.8. The van der Waals surface area contributed by atoms with E-state index in [9.17, 15) is 4.79 Å². The van der Waals surface area contributed by atoms with E-state index in [-0.39, 0.29) is 12.0 Å². The predicted octanol–water partition coefficient (Wildman–Crippen LogP) is 1.98. The molecule has 0 aliphatic carbocycles. The Bertz CT molecular complexity index is 701. The van der Waals surface area contributed by atoms with E-state index in [2.05, 4.69) is 28.6 Å². The molecule has 0 saturated heterocycles. The molecule has 1 amide bonds. The van der Waals surface area contributed by atoms with E-state index < -0.39 is 5.41 Å². The highest BCUT2D eigenvalue weighted by molar-refractivity contribution is 5.83.